The van der Waals surface area contributed by atoms with E-state index in [-0.39, 0.29) is 5.54 Å². The van der Waals surface area contributed by atoms with Gasteiger partial charge in [-0.25, -0.2) is 0 Å². The molecule has 1 atom stereocenters. The van der Waals surface area contributed by atoms with E-state index in [1.54, 1.807) is 0 Å². The molecule has 1 unspecified atom stereocenters. The minimum Gasteiger partial charge on any atom is -0.325 e. The zero-order valence-corrected chi connectivity index (χ0v) is 7.72. The molecule has 0 saturated heterocycles. The maximum Gasteiger partial charge on any atom is 0.0207 e. The molecule has 1 heteroatoms. The second-order valence-corrected chi connectivity index (χ2v) is 4.22. The molecule has 0 heterocycles. The summed E-state index contributed by atoms with van der Waals surface area (Å²) in [4.78, 5) is 0. The molecule has 1 aliphatic carbocycles. The molecule has 0 aromatic heterocycles. The van der Waals surface area contributed by atoms with Crippen LogP contribution < -0.4 is 5.73 Å². The van der Waals surface area contributed by atoms with E-state index in [0.29, 0.717) is 0 Å². The first-order valence-corrected chi connectivity index (χ1v) is 4.45. The van der Waals surface area contributed by atoms with Gasteiger partial charge in [-0.05, 0) is 43.4 Å². The van der Waals surface area contributed by atoms with Crippen molar-refractivity contribution in [3.8, 4) is 0 Å². The summed E-state index contributed by atoms with van der Waals surface area (Å²) in [6, 6.07) is 6.48. The van der Waals surface area contributed by atoms with Gasteiger partial charge >= 0.3 is 0 Å². The van der Waals surface area contributed by atoms with E-state index in [1.807, 2.05) is 0 Å². The zero-order valence-electron chi connectivity index (χ0n) is 7.72. The van der Waals surface area contributed by atoms with Crippen LogP contribution in [0.1, 0.15) is 23.6 Å². The molecule has 1 aromatic rings. The minimum absolute atomic E-state index is 0.00551. The van der Waals surface area contributed by atoms with Crippen LogP contribution in [0.4, 0.5) is 0 Å². The molecule has 1 nitrogen and oxygen atoms in total. The number of aryl methyl sites for hydroxylation is 1. The van der Waals surface area contributed by atoms with Crippen molar-refractivity contribution in [1.82, 2.24) is 0 Å². The summed E-state index contributed by atoms with van der Waals surface area (Å²) in [7, 11) is 0. The van der Waals surface area contributed by atoms with Gasteiger partial charge in [0.1, 0.15) is 0 Å². The molecule has 0 fully saturated rings. The van der Waals surface area contributed by atoms with Gasteiger partial charge in [-0.1, -0.05) is 18.2 Å². The van der Waals surface area contributed by atoms with Crippen molar-refractivity contribution in [3.63, 3.8) is 0 Å². The van der Waals surface area contributed by atoms with Crippen molar-refractivity contribution < 1.29 is 0 Å². The molecule has 1 aromatic carbocycles. The van der Waals surface area contributed by atoms with Crippen LogP contribution in [0.5, 0.6) is 0 Å². The average molecular weight is 161 g/mol. The lowest BCUT2D eigenvalue weighted by Crippen LogP contribution is -2.36. The largest absolute Gasteiger partial charge is 0.325 e. The first-order valence-electron chi connectivity index (χ1n) is 4.45. The third-order valence-corrected chi connectivity index (χ3v) is 2.68. The Morgan fingerprint density at radius 1 is 1.33 bits per heavy atom. The number of hydrogen-bond acceptors (Lipinski definition) is 1. The van der Waals surface area contributed by atoms with E-state index < -0.39 is 0 Å². The van der Waals surface area contributed by atoms with Crippen LogP contribution in [0.25, 0.3) is 0 Å². The van der Waals surface area contributed by atoms with Crippen molar-refractivity contribution in [2.75, 3.05) is 0 Å². The summed E-state index contributed by atoms with van der Waals surface area (Å²) in [5, 5.41) is 0. The topological polar surface area (TPSA) is 26.0 Å². The summed E-state index contributed by atoms with van der Waals surface area (Å²) in [5.41, 5.74) is 10.4. The normalized spacial score (nSPS) is 27.2. The lowest BCUT2D eigenvalue weighted by atomic mass is 10.00. The van der Waals surface area contributed by atoms with E-state index in [2.05, 4.69) is 32.0 Å². The lowest BCUT2D eigenvalue weighted by Gasteiger charge is -2.15. The summed E-state index contributed by atoms with van der Waals surface area (Å²) >= 11 is 0. The van der Waals surface area contributed by atoms with Crippen molar-refractivity contribution in [3.05, 3.63) is 34.9 Å². The maximum atomic E-state index is 6.10. The Balaban J connectivity index is 2.48. The molecule has 1 aliphatic rings. The summed E-state index contributed by atoms with van der Waals surface area (Å²) < 4.78 is 0. The second kappa shape index (κ2) is 2.33. The van der Waals surface area contributed by atoms with Gasteiger partial charge < -0.3 is 5.73 Å². The molecular weight excluding hydrogens is 146 g/mol. The van der Waals surface area contributed by atoms with Crippen molar-refractivity contribution >= 4 is 0 Å². The number of benzene rings is 1. The number of nitrogens with two attached hydrogens (primary N) is 1. The van der Waals surface area contributed by atoms with Crippen LogP contribution in [0.3, 0.4) is 0 Å². The van der Waals surface area contributed by atoms with Crippen molar-refractivity contribution in [1.29, 1.82) is 0 Å². The van der Waals surface area contributed by atoms with E-state index >= 15 is 0 Å². The number of rotatable bonds is 0. The fourth-order valence-electron chi connectivity index (χ4n) is 2.08. The quantitative estimate of drug-likeness (QED) is 0.617. The highest BCUT2D eigenvalue weighted by molar-refractivity contribution is 5.41. The van der Waals surface area contributed by atoms with E-state index in [9.17, 15) is 0 Å². The van der Waals surface area contributed by atoms with Crippen LogP contribution in [0, 0.1) is 6.92 Å². The zero-order chi connectivity index (χ0) is 8.77. The van der Waals surface area contributed by atoms with Crippen molar-refractivity contribution in [2.24, 2.45) is 5.73 Å². The summed E-state index contributed by atoms with van der Waals surface area (Å²) in [6.45, 7) is 4.30. The van der Waals surface area contributed by atoms with Crippen LogP contribution >= 0.6 is 0 Å². The average Bonchev–Trinajstić information content (AvgIpc) is 2.25. The summed E-state index contributed by atoms with van der Waals surface area (Å²) in [5.74, 6) is 0. The summed E-state index contributed by atoms with van der Waals surface area (Å²) in [6.07, 6.45) is 2.07. The predicted octanol–water partition coefficient (Wildman–Crippen LogP) is 1.81. The highest BCUT2D eigenvalue weighted by Crippen LogP contribution is 2.29. The Hall–Kier alpha value is -0.820. The standard InChI is InChI=1S/C11H15N/c1-8-4-3-5-9-6-11(2,12)7-10(8)9/h3-5H,6-7,12H2,1-2H3. The molecule has 2 N–H and O–H groups in total. The predicted molar refractivity (Wildman–Crippen MR) is 51.2 cm³/mol. The minimum atomic E-state index is -0.00551. The SMILES string of the molecule is Cc1cccc2c1CC(C)(N)C2. The lowest BCUT2D eigenvalue weighted by molar-refractivity contribution is 0.498. The van der Waals surface area contributed by atoms with Gasteiger partial charge in [0.2, 0.25) is 0 Å². The van der Waals surface area contributed by atoms with Crippen LogP contribution in [0.15, 0.2) is 18.2 Å². The molecule has 0 bridgehead atoms. The van der Waals surface area contributed by atoms with Crippen LogP contribution in [-0.2, 0) is 12.8 Å². The molecular formula is C11H15N. The van der Waals surface area contributed by atoms with E-state index in [4.69, 9.17) is 5.73 Å². The number of fused-ring (bicyclic) bond motifs is 1. The first kappa shape index (κ1) is 7.81. The third kappa shape index (κ3) is 1.14. The smallest absolute Gasteiger partial charge is 0.0207 e. The molecule has 64 valence electrons. The molecule has 0 saturated carbocycles. The Bertz CT molecular complexity index is 313. The highest BCUT2D eigenvalue weighted by atomic mass is 14.7. The van der Waals surface area contributed by atoms with Crippen LogP contribution in [-0.4, -0.2) is 5.54 Å². The van der Waals surface area contributed by atoms with Crippen LogP contribution in [0.2, 0.25) is 0 Å². The van der Waals surface area contributed by atoms with Gasteiger partial charge in [0.25, 0.3) is 0 Å². The Morgan fingerprint density at radius 3 is 2.75 bits per heavy atom. The molecule has 12 heavy (non-hydrogen) atoms. The Kier molecular flexibility index (Phi) is 1.52. The monoisotopic (exact) mass is 161 g/mol. The Morgan fingerprint density at radius 2 is 2.08 bits per heavy atom. The van der Waals surface area contributed by atoms with Gasteiger partial charge in [0.05, 0.1) is 0 Å². The molecule has 0 aliphatic heterocycles. The molecule has 0 radical (unpaired) electrons. The fourth-order valence-corrected chi connectivity index (χ4v) is 2.08. The second-order valence-electron chi connectivity index (χ2n) is 4.22. The van der Waals surface area contributed by atoms with Gasteiger partial charge in [-0.3, -0.25) is 0 Å². The number of hydrogen-bond donors (Lipinski definition) is 1. The van der Waals surface area contributed by atoms with Gasteiger partial charge in [-0.2, -0.15) is 0 Å². The van der Waals surface area contributed by atoms with E-state index in [0.717, 1.165) is 12.8 Å². The first-order chi connectivity index (χ1) is 5.58. The van der Waals surface area contributed by atoms with E-state index in [1.165, 1.54) is 16.7 Å². The van der Waals surface area contributed by atoms with Crippen molar-refractivity contribution in [2.45, 2.75) is 32.2 Å². The molecule has 0 amide bonds. The van der Waals surface area contributed by atoms with Gasteiger partial charge in [0.15, 0.2) is 0 Å². The molecule has 2 rings (SSSR count). The van der Waals surface area contributed by atoms with Gasteiger partial charge in [0, 0.05) is 5.54 Å². The van der Waals surface area contributed by atoms with Gasteiger partial charge in [-0.15, -0.1) is 0 Å². The maximum absolute atomic E-state index is 6.10. The highest BCUT2D eigenvalue weighted by Gasteiger charge is 2.29. The Labute approximate surface area is 73.6 Å². The third-order valence-electron chi connectivity index (χ3n) is 2.68. The molecule has 0 spiro atoms. The fraction of sp³-hybridized carbons (Fsp3) is 0.455.